The first-order chi connectivity index (χ1) is 24.3. The van der Waals surface area contributed by atoms with Gasteiger partial charge in [-0.2, -0.15) is 0 Å². The molecule has 0 aliphatic carbocycles. The molecule has 0 aliphatic rings. The first-order valence-electron chi connectivity index (χ1n) is 16.6. The van der Waals surface area contributed by atoms with Gasteiger partial charge in [-0.3, -0.25) is 0 Å². The standard InChI is InChI=1S/C46H29NOS/c1-3-11-30(12-4-1)36-16-9-10-17-37(36)32-19-22-34(23-20-32)47(33-14-5-2-6-15-33)35-24-26-41-43(29-35)49-42-28-27-40-39-25-21-31-13-7-8-18-38(31)45(39)48-46(40)44(41)42/h1-29H. The highest BCUT2D eigenvalue weighted by molar-refractivity contribution is 7.26. The number of hydrogen-bond donors (Lipinski definition) is 0. The van der Waals surface area contributed by atoms with Crippen molar-refractivity contribution >= 4 is 81.3 Å². The van der Waals surface area contributed by atoms with E-state index in [2.05, 4.69) is 181 Å². The zero-order valence-electron chi connectivity index (χ0n) is 26.5. The van der Waals surface area contributed by atoms with Crippen LogP contribution in [-0.2, 0) is 0 Å². The van der Waals surface area contributed by atoms with Crippen molar-refractivity contribution in [1.29, 1.82) is 0 Å². The van der Waals surface area contributed by atoms with Gasteiger partial charge in [0.15, 0.2) is 0 Å². The number of para-hydroxylation sites is 1. The average Bonchev–Trinajstić information content (AvgIpc) is 3.74. The second-order valence-corrected chi connectivity index (χ2v) is 13.6. The van der Waals surface area contributed by atoms with Gasteiger partial charge in [-0.25, -0.2) is 0 Å². The van der Waals surface area contributed by atoms with E-state index in [0.717, 1.165) is 44.4 Å². The molecule has 230 valence electrons. The molecular formula is C46H29NOS. The molecule has 2 nitrogen and oxygen atoms in total. The Balaban J connectivity index is 1.10. The highest BCUT2D eigenvalue weighted by Gasteiger charge is 2.19. The normalized spacial score (nSPS) is 11.7. The predicted molar refractivity (Wildman–Crippen MR) is 210 cm³/mol. The van der Waals surface area contributed by atoms with Crippen LogP contribution in [0.1, 0.15) is 0 Å². The van der Waals surface area contributed by atoms with Gasteiger partial charge in [-0.15, -0.1) is 11.3 Å². The van der Waals surface area contributed by atoms with Crippen LogP contribution in [0.15, 0.2) is 180 Å². The van der Waals surface area contributed by atoms with Crippen LogP contribution in [0.4, 0.5) is 17.1 Å². The fraction of sp³-hybridized carbons (Fsp3) is 0. The van der Waals surface area contributed by atoms with Crippen LogP contribution in [0, 0.1) is 0 Å². The zero-order valence-corrected chi connectivity index (χ0v) is 27.3. The summed E-state index contributed by atoms with van der Waals surface area (Å²) in [5, 5.41) is 7.09. The number of furan rings is 1. The third-order valence-electron chi connectivity index (χ3n) is 9.67. The van der Waals surface area contributed by atoms with Gasteiger partial charge in [0, 0.05) is 53.4 Å². The summed E-state index contributed by atoms with van der Waals surface area (Å²) in [6.07, 6.45) is 0. The van der Waals surface area contributed by atoms with Crippen molar-refractivity contribution in [3.05, 3.63) is 176 Å². The number of hydrogen-bond acceptors (Lipinski definition) is 3. The maximum absolute atomic E-state index is 6.74. The molecule has 3 heteroatoms. The third kappa shape index (κ3) is 4.55. The highest BCUT2D eigenvalue weighted by atomic mass is 32.1. The minimum atomic E-state index is 0.960. The molecule has 0 fully saturated rings. The number of benzene rings is 8. The van der Waals surface area contributed by atoms with Crippen LogP contribution in [0.2, 0.25) is 0 Å². The van der Waals surface area contributed by atoms with Gasteiger partial charge in [0.2, 0.25) is 0 Å². The van der Waals surface area contributed by atoms with E-state index < -0.39 is 0 Å². The molecule has 49 heavy (non-hydrogen) atoms. The van der Waals surface area contributed by atoms with Gasteiger partial charge in [0.1, 0.15) is 11.2 Å². The number of rotatable bonds is 5. The number of anilines is 3. The van der Waals surface area contributed by atoms with Crippen molar-refractivity contribution in [2.24, 2.45) is 0 Å². The van der Waals surface area contributed by atoms with Crippen LogP contribution < -0.4 is 4.90 Å². The molecule has 2 aromatic heterocycles. The van der Waals surface area contributed by atoms with Gasteiger partial charge in [-0.1, -0.05) is 121 Å². The number of nitrogens with zero attached hydrogens (tertiary/aromatic N) is 1. The lowest BCUT2D eigenvalue weighted by atomic mass is 9.94. The van der Waals surface area contributed by atoms with Crippen LogP contribution >= 0.6 is 11.3 Å². The van der Waals surface area contributed by atoms with Crippen molar-refractivity contribution in [2.45, 2.75) is 0 Å². The Morgan fingerprint density at radius 2 is 0.980 bits per heavy atom. The van der Waals surface area contributed by atoms with E-state index in [1.165, 1.54) is 47.8 Å². The molecule has 0 saturated carbocycles. The van der Waals surface area contributed by atoms with Crippen molar-refractivity contribution in [1.82, 2.24) is 0 Å². The van der Waals surface area contributed by atoms with Gasteiger partial charge < -0.3 is 9.32 Å². The molecule has 10 aromatic rings. The second kappa shape index (κ2) is 11.2. The maximum atomic E-state index is 6.74. The van der Waals surface area contributed by atoms with E-state index in [-0.39, 0.29) is 0 Å². The second-order valence-electron chi connectivity index (χ2n) is 12.5. The van der Waals surface area contributed by atoms with E-state index >= 15 is 0 Å². The van der Waals surface area contributed by atoms with Crippen molar-refractivity contribution < 1.29 is 4.42 Å². The SMILES string of the molecule is c1ccc(-c2ccccc2-c2ccc(N(c3ccccc3)c3ccc4c(c3)sc3ccc5c6ccc7ccccc7c6oc5c34)cc2)cc1. The summed E-state index contributed by atoms with van der Waals surface area (Å²) < 4.78 is 9.21. The summed E-state index contributed by atoms with van der Waals surface area (Å²) in [7, 11) is 0. The highest BCUT2D eigenvalue weighted by Crippen LogP contribution is 2.45. The molecule has 0 aliphatic heterocycles. The lowest BCUT2D eigenvalue weighted by Crippen LogP contribution is -2.09. The average molecular weight is 644 g/mol. The van der Waals surface area contributed by atoms with E-state index in [1.807, 2.05) is 11.3 Å². The van der Waals surface area contributed by atoms with Gasteiger partial charge in [0.05, 0.1) is 0 Å². The van der Waals surface area contributed by atoms with Gasteiger partial charge >= 0.3 is 0 Å². The molecule has 0 amide bonds. The summed E-state index contributed by atoms with van der Waals surface area (Å²) in [5.41, 5.74) is 10.1. The predicted octanol–water partition coefficient (Wildman–Crippen LogP) is 13.9. The Hall–Kier alpha value is -6.16. The third-order valence-corrected chi connectivity index (χ3v) is 10.8. The number of thiophene rings is 1. The number of fused-ring (bicyclic) bond motifs is 9. The van der Waals surface area contributed by atoms with Crippen LogP contribution in [-0.4, -0.2) is 0 Å². The monoisotopic (exact) mass is 643 g/mol. The van der Waals surface area contributed by atoms with E-state index in [1.54, 1.807) is 0 Å². The largest absolute Gasteiger partial charge is 0.455 e. The fourth-order valence-corrected chi connectivity index (χ4v) is 8.51. The lowest BCUT2D eigenvalue weighted by molar-refractivity contribution is 0.677. The van der Waals surface area contributed by atoms with E-state index in [9.17, 15) is 0 Å². The Bertz CT molecular complexity index is 2810. The van der Waals surface area contributed by atoms with Crippen molar-refractivity contribution in [3.63, 3.8) is 0 Å². The molecule has 0 atom stereocenters. The minimum Gasteiger partial charge on any atom is -0.455 e. The first kappa shape index (κ1) is 27.9. The molecule has 0 radical (unpaired) electrons. The van der Waals surface area contributed by atoms with E-state index in [4.69, 9.17) is 4.42 Å². The van der Waals surface area contributed by atoms with Crippen molar-refractivity contribution in [2.75, 3.05) is 4.90 Å². The summed E-state index contributed by atoms with van der Waals surface area (Å²) in [6, 6.07) is 63.1. The lowest BCUT2D eigenvalue weighted by Gasteiger charge is -2.26. The van der Waals surface area contributed by atoms with Crippen molar-refractivity contribution in [3.8, 4) is 22.3 Å². The maximum Gasteiger partial charge on any atom is 0.144 e. The van der Waals surface area contributed by atoms with Gasteiger partial charge in [0.25, 0.3) is 0 Å². The quantitative estimate of drug-likeness (QED) is 0.186. The first-order valence-corrected chi connectivity index (χ1v) is 17.4. The Morgan fingerprint density at radius 1 is 0.388 bits per heavy atom. The van der Waals surface area contributed by atoms with Crippen LogP contribution in [0.5, 0.6) is 0 Å². The molecule has 0 N–H and O–H groups in total. The molecule has 2 heterocycles. The smallest absolute Gasteiger partial charge is 0.144 e. The molecule has 10 rings (SSSR count). The molecule has 0 saturated heterocycles. The fourth-order valence-electron chi connectivity index (χ4n) is 7.37. The topological polar surface area (TPSA) is 16.4 Å². The molecule has 0 unspecified atom stereocenters. The van der Waals surface area contributed by atoms with E-state index in [0.29, 0.717) is 0 Å². The molecular weight excluding hydrogens is 615 g/mol. The Labute approximate surface area is 287 Å². The Kier molecular flexibility index (Phi) is 6.39. The Morgan fingerprint density at radius 3 is 1.78 bits per heavy atom. The molecule has 8 aromatic carbocycles. The van der Waals surface area contributed by atoms with Crippen LogP contribution in [0.25, 0.3) is 75.1 Å². The summed E-state index contributed by atoms with van der Waals surface area (Å²) in [6.45, 7) is 0. The van der Waals surface area contributed by atoms with Crippen LogP contribution in [0.3, 0.4) is 0 Å². The molecule has 0 spiro atoms. The summed E-state index contributed by atoms with van der Waals surface area (Å²) in [5.74, 6) is 0. The minimum absolute atomic E-state index is 0.960. The molecule has 0 bridgehead atoms. The van der Waals surface area contributed by atoms with Gasteiger partial charge in [-0.05, 0) is 82.2 Å². The summed E-state index contributed by atoms with van der Waals surface area (Å²) >= 11 is 1.82. The zero-order chi connectivity index (χ0) is 32.3. The summed E-state index contributed by atoms with van der Waals surface area (Å²) in [4.78, 5) is 2.35.